The summed E-state index contributed by atoms with van der Waals surface area (Å²) < 4.78 is 3.14. The minimum atomic E-state index is -0.309. The number of aryl methyl sites for hydroxylation is 1. The van der Waals surface area contributed by atoms with Gasteiger partial charge in [-0.1, -0.05) is 29.8 Å². The Morgan fingerprint density at radius 1 is 1.20 bits per heavy atom. The predicted octanol–water partition coefficient (Wildman–Crippen LogP) is 1.07. The molecule has 152 valence electrons. The molecule has 0 aliphatic rings. The molecule has 1 amide bonds. The highest BCUT2D eigenvalue weighted by Crippen LogP contribution is 2.08. The molecule has 0 bridgehead atoms. The fourth-order valence-corrected chi connectivity index (χ4v) is 3.21. The number of fused-ring (bicyclic) bond motifs is 1. The third kappa shape index (κ3) is 4.04. The second-order valence-corrected chi connectivity index (χ2v) is 6.97. The Kier molecular flexibility index (Phi) is 5.25. The number of aromatic nitrogens is 5. The molecule has 0 fully saturated rings. The Morgan fingerprint density at radius 2 is 2.07 bits per heavy atom. The quantitative estimate of drug-likeness (QED) is 0.499. The van der Waals surface area contributed by atoms with Crippen LogP contribution in [0.5, 0.6) is 0 Å². The lowest BCUT2D eigenvalue weighted by molar-refractivity contribution is 0.0951. The number of hydrogen-bond acceptors (Lipinski definition) is 5. The molecule has 4 rings (SSSR count). The van der Waals surface area contributed by atoms with E-state index in [1.54, 1.807) is 9.25 Å². The zero-order chi connectivity index (χ0) is 21.1. The van der Waals surface area contributed by atoms with E-state index in [1.807, 2.05) is 31.2 Å². The molecule has 9 heteroatoms. The maximum atomic E-state index is 12.8. The summed E-state index contributed by atoms with van der Waals surface area (Å²) in [7, 11) is 0. The van der Waals surface area contributed by atoms with Crippen molar-refractivity contribution < 1.29 is 4.79 Å². The minimum Gasteiger partial charge on any atom is -0.350 e. The number of nitrogens with zero attached hydrogens (tertiary/aromatic N) is 4. The number of rotatable bonds is 6. The number of H-pyrrole nitrogens is 1. The van der Waals surface area contributed by atoms with Gasteiger partial charge in [0.15, 0.2) is 5.65 Å². The van der Waals surface area contributed by atoms with Crippen molar-refractivity contribution in [3.63, 3.8) is 0 Å². The van der Waals surface area contributed by atoms with Crippen LogP contribution in [0.25, 0.3) is 11.0 Å². The first kappa shape index (κ1) is 19.3. The van der Waals surface area contributed by atoms with Crippen molar-refractivity contribution in [1.29, 1.82) is 0 Å². The molecule has 0 atom stereocenters. The van der Waals surface area contributed by atoms with Gasteiger partial charge in [-0.2, -0.15) is 5.10 Å². The zero-order valence-corrected chi connectivity index (χ0v) is 16.3. The van der Waals surface area contributed by atoms with E-state index in [2.05, 4.69) is 20.4 Å². The van der Waals surface area contributed by atoms with E-state index in [1.165, 1.54) is 30.9 Å². The van der Waals surface area contributed by atoms with Gasteiger partial charge in [-0.15, -0.1) is 0 Å². The van der Waals surface area contributed by atoms with Gasteiger partial charge in [0.25, 0.3) is 11.5 Å². The van der Waals surface area contributed by atoms with Crippen molar-refractivity contribution in [3.8, 4) is 0 Å². The van der Waals surface area contributed by atoms with Crippen LogP contribution in [-0.2, 0) is 13.1 Å². The van der Waals surface area contributed by atoms with Gasteiger partial charge in [-0.05, 0) is 18.6 Å². The first-order valence-electron chi connectivity index (χ1n) is 9.45. The second kappa shape index (κ2) is 8.16. The summed E-state index contributed by atoms with van der Waals surface area (Å²) in [6, 6.07) is 10.7. The van der Waals surface area contributed by atoms with Gasteiger partial charge in [0.05, 0.1) is 24.8 Å². The highest BCUT2D eigenvalue weighted by atomic mass is 16.2. The Morgan fingerprint density at radius 3 is 2.83 bits per heavy atom. The number of benzene rings is 1. The fraction of sp³-hybridized carbons (Fsp3) is 0.190. The molecule has 3 aromatic heterocycles. The number of aromatic amines is 1. The molecule has 0 radical (unpaired) electrons. The van der Waals surface area contributed by atoms with Gasteiger partial charge in [-0.3, -0.25) is 19.0 Å². The summed E-state index contributed by atoms with van der Waals surface area (Å²) in [5, 5.41) is 7.42. The smallest absolute Gasteiger partial charge is 0.264 e. The standard InChI is InChI=1S/C21H20N6O3/c1-14-3-2-4-15(9-14)12-26-13-24-19-17(21(26)30)11-25-27(19)8-7-22-20(29)16-5-6-18(28)23-10-16/h2-6,9-11,13H,7-8,12H2,1H3,(H,22,29)(H,23,28). The van der Waals surface area contributed by atoms with Crippen LogP contribution in [0.4, 0.5) is 0 Å². The van der Waals surface area contributed by atoms with E-state index in [9.17, 15) is 14.4 Å². The highest BCUT2D eigenvalue weighted by molar-refractivity contribution is 5.93. The van der Waals surface area contributed by atoms with Crippen LogP contribution in [0.15, 0.2) is 64.7 Å². The Bertz CT molecular complexity index is 1310. The summed E-state index contributed by atoms with van der Waals surface area (Å²) in [5.41, 5.74) is 2.55. The van der Waals surface area contributed by atoms with Crippen LogP contribution in [0.2, 0.25) is 0 Å². The predicted molar refractivity (Wildman–Crippen MR) is 111 cm³/mol. The number of amides is 1. The van der Waals surface area contributed by atoms with E-state index in [0.29, 0.717) is 36.2 Å². The number of pyridine rings is 1. The molecule has 0 saturated carbocycles. The number of hydrogen-bond donors (Lipinski definition) is 2. The Labute approximate surface area is 171 Å². The van der Waals surface area contributed by atoms with Crippen LogP contribution in [-0.4, -0.2) is 36.8 Å². The molecular formula is C21H20N6O3. The van der Waals surface area contributed by atoms with Crippen molar-refractivity contribution in [3.05, 3.63) is 92.5 Å². The van der Waals surface area contributed by atoms with Crippen molar-refractivity contribution in [2.24, 2.45) is 0 Å². The molecule has 0 spiro atoms. The first-order chi connectivity index (χ1) is 14.5. The van der Waals surface area contributed by atoms with Crippen LogP contribution in [0.3, 0.4) is 0 Å². The molecule has 9 nitrogen and oxygen atoms in total. The molecular weight excluding hydrogens is 384 g/mol. The monoisotopic (exact) mass is 404 g/mol. The summed E-state index contributed by atoms with van der Waals surface area (Å²) in [6.07, 6.45) is 4.38. The summed E-state index contributed by atoms with van der Waals surface area (Å²) in [5.74, 6) is -0.309. The normalized spacial score (nSPS) is 11.0. The van der Waals surface area contributed by atoms with Crippen molar-refractivity contribution in [2.45, 2.75) is 20.0 Å². The van der Waals surface area contributed by atoms with Gasteiger partial charge in [0, 0.05) is 18.8 Å². The molecule has 0 aliphatic heterocycles. The van der Waals surface area contributed by atoms with Gasteiger partial charge < -0.3 is 10.3 Å². The van der Waals surface area contributed by atoms with Crippen molar-refractivity contribution in [2.75, 3.05) is 6.54 Å². The van der Waals surface area contributed by atoms with Gasteiger partial charge in [0.1, 0.15) is 11.7 Å². The maximum absolute atomic E-state index is 12.8. The van der Waals surface area contributed by atoms with E-state index in [4.69, 9.17) is 0 Å². The number of carbonyl (C=O) groups excluding carboxylic acids is 1. The third-order valence-corrected chi connectivity index (χ3v) is 4.71. The lowest BCUT2D eigenvalue weighted by Crippen LogP contribution is -2.28. The summed E-state index contributed by atoms with van der Waals surface area (Å²) >= 11 is 0. The fourth-order valence-electron chi connectivity index (χ4n) is 3.21. The van der Waals surface area contributed by atoms with Gasteiger partial charge in [0.2, 0.25) is 5.56 Å². The van der Waals surface area contributed by atoms with E-state index >= 15 is 0 Å². The van der Waals surface area contributed by atoms with Crippen molar-refractivity contribution >= 4 is 16.9 Å². The molecule has 1 aromatic carbocycles. The first-order valence-corrected chi connectivity index (χ1v) is 9.45. The van der Waals surface area contributed by atoms with E-state index < -0.39 is 0 Å². The van der Waals surface area contributed by atoms with Gasteiger partial charge >= 0.3 is 0 Å². The number of carbonyl (C=O) groups is 1. The summed E-state index contributed by atoms with van der Waals surface area (Å²) in [6.45, 7) is 3.09. The summed E-state index contributed by atoms with van der Waals surface area (Å²) in [4.78, 5) is 42.8. The van der Waals surface area contributed by atoms with Crippen molar-refractivity contribution in [1.82, 2.24) is 29.6 Å². The van der Waals surface area contributed by atoms with Crippen LogP contribution in [0.1, 0.15) is 21.5 Å². The SMILES string of the molecule is Cc1cccc(Cn2cnc3c(cnn3CCNC(=O)c3ccc(=O)[nH]c3)c2=O)c1. The average molecular weight is 404 g/mol. The molecule has 30 heavy (non-hydrogen) atoms. The molecule has 2 N–H and O–H groups in total. The Balaban J connectivity index is 1.46. The zero-order valence-electron chi connectivity index (χ0n) is 16.3. The topological polar surface area (TPSA) is 115 Å². The lowest BCUT2D eigenvalue weighted by Gasteiger charge is -2.08. The minimum absolute atomic E-state index is 0.162. The lowest BCUT2D eigenvalue weighted by atomic mass is 10.1. The second-order valence-electron chi connectivity index (χ2n) is 6.97. The molecule has 0 unspecified atom stereocenters. The van der Waals surface area contributed by atoms with E-state index in [0.717, 1.165) is 11.1 Å². The number of nitrogens with one attached hydrogen (secondary N) is 2. The van der Waals surface area contributed by atoms with Crippen LogP contribution < -0.4 is 16.4 Å². The average Bonchev–Trinajstić information content (AvgIpc) is 3.14. The molecule has 0 saturated heterocycles. The van der Waals surface area contributed by atoms with Crippen LogP contribution >= 0.6 is 0 Å². The third-order valence-electron chi connectivity index (χ3n) is 4.71. The highest BCUT2D eigenvalue weighted by Gasteiger charge is 2.11. The molecule has 0 aliphatic carbocycles. The largest absolute Gasteiger partial charge is 0.350 e. The van der Waals surface area contributed by atoms with E-state index in [-0.39, 0.29) is 17.0 Å². The molecule has 4 aromatic rings. The maximum Gasteiger partial charge on any atom is 0.264 e. The molecule has 3 heterocycles. The van der Waals surface area contributed by atoms with Crippen LogP contribution in [0, 0.1) is 6.92 Å². The van der Waals surface area contributed by atoms with Gasteiger partial charge in [-0.25, -0.2) is 9.67 Å². The Hall–Kier alpha value is -4.01.